The van der Waals surface area contributed by atoms with Crippen LogP contribution in [0.5, 0.6) is 0 Å². The van der Waals surface area contributed by atoms with E-state index in [9.17, 15) is 4.79 Å². The molecule has 1 atom stereocenters. The second-order valence-corrected chi connectivity index (χ2v) is 6.94. The zero-order valence-electron chi connectivity index (χ0n) is 12.9. The van der Waals surface area contributed by atoms with Gasteiger partial charge in [-0.3, -0.25) is 4.90 Å². The molecular weight excluding hydrogens is 250 g/mol. The third-order valence-electron chi connectivity index (χ3n) is 5.40. The van der Waals surface area contributed by atoms with Crippen LogP contribution >= 0.6 is 0 Å². The minimum atomic E-state index is 0.302. The molecule has 3 aliphatic rings. The average Bonchev–Trinajstić information content (AvgIpc) is 2.98. The zero-order valence-corrected chi connectivity index (χ0v) is 12.9. The molecule has 4 nitrogen and oxygen atoms in total. The van der Waals surface area contributed by atoms with E-state index in [1.54, 1.807) is 0 Å². The molecule has 0 saturated carbocycles. The van der Waals surface area contributed by atoms with E-state index >= 15 is 0 Å². The molecule has 3 aliphatic heterocycles. The van der Waals surface area contributed by atoms with E-state index in [0.717, 1.165) is 32.1 Å². The Kier molecular flexibility index (Phi) is 4.49. The Morgan fingerprint density at radius 3 is 2.20 bits per heavy atom. The van der Waals surface area contributed by atoms with Gasteiger partial charge in [0.15, 0.2) is 0 Å². The van der Waals surface area contributed by atoms with Gasteiger partial charge < -0.3 is 9.80 Å². The van der Waals surface area contributed by atoms with Crippen molar-refractivity contribution in [1.29, 1.82) is 0 Å². The summed E-state index contributed by atoms with van der Waals surface area (Å²) in [6.45, 7) is 8.64. The molecule has 0 N–H and O–H groups in total. The molecule has 0 spiro atoms. The molecule has 114 valence electrons. The second kappa shape index (κ2) is 6.33. The molecule has 1 unspecified atom stereocenters. The van der Waals surface area contributed by atoms with Gasteiger partial charge in [0.2, 0.25) is 0 Å². The molecule has 4 heteroatoms. The fourth-order valence-electron chi connectivity index (χ4n) is 3.90. The van der Waals surface area contributed by atoms with Crippen molar-refractivity contribution < 1.29 is 4.79 Å². The first-order valence-corrected chi connectivity index (χ1v) is 8.52. The monoisotopic (exact) mass is 279 g/mol. The van der Waals surface area contributed by atoms with Crippen molar-refractivity contribution in [2.24, 2.45) is 5.92 Å². The maximum atomic E-state index is 12.6. The number of carbonyl (C=O) groups is 1. The van der Waals surface area contributed by atoms with E-state index in [4.69, 9.17) is 0 Å². The van der Waals surface area contributed by atoms with Gasteiger partial charge in [-0.2, -0.15) is 0 Å². The van der Waals surface area contributed by atoms with Crippen molar-refractivity contribution >= 4 is 6.03 Å². The van der Waals surface area contributed by atoms with Crippen LogP contribution in [0.3, 0.4) is 0 Å². The van der Waals surface area contributed by atoms with Gasteiger partial charge in [0, 0.05) is 32.2 Å². The van der Waals surface area contributed by atoms with Crippen molar-refractivity contribution in [2.75, 3.05) is 39.3 Å². The fourth-order valence-corrected chi connectivity index (χ4v) is 3.90. The summed E-state index contributed by atoms with van der Waals surface area (Å²) in [6.07, 6.45) is 7.60. The van der Waals surface area contributed by atoms with Crippen LogP contribution in [0.15, 0.2) is 0 Å². The van der Waals surface area contributed by atoms with E-state index < -0.39 is 0 Å². The van der Waals surface area contributed by atoms with Crippen LogP contribution in [0.2, 0.25) is 0 Å². The van der Waals surface area contributed by atoms with E-state index in [0.29, 0.717) is 12.1 Å². The SMILES string of the molecule is CC1CCN(C(=O)N2CCC(N3CCCCC3)C2)CC1. The topological polar surface area (TPSA) is 26.8 Å². The summed E-state index contributed by atoms with van der Waals surface area (Å²) in [7, 11) is 0. The first-order valence-electron chi connectivity index (χ1n) is 8.52. The Bertz CT molecular complexity index is 333. The van der Waals surface area contributed by atoms with Gasteiger partial charge in [-0.15, -0.1) is 0 Å². The maximum Gasteiger partial charge on any atom is 0.320 e. The molecule has 20 heavy (non-hydrogen) atoms. The number of likely N-dealkylation sites (tertiary alicyclic amines) is 3. The van der Waals surface area contributed by atoms with Gasteiger partial charge in [-0.25, -0.2) is 4.79 Å². The Morgan fingerprint density at radius 1 is 0.850 bits per heavy atom. The molecule has 0 aromatic carbocycles. The number of amides is 2. The number of nitrogens with zero attached hydrogens (tertiary/aromatic N) is 3. The van der Waals surface area contributed by atoms with Crippen molar-refractivity contribution in [1.82, 2.24) is 14.7 Å². The van der Waals surface area contributed by atoms with Crippen molar-refractivity contribution in [3.8, 4) is 0 Å². The van der Waals surface area contributed by atoms with E-state index in [2.05, 4.69) is 21.6 Å². The van der Waals surface area contributed by atoms with Gasteiger partial charge in [0.1, 0.15) is 0 Å². The third-order valence-corrected chi connectivity index (χ3v) is 5.40. The summed E-state index contributed by atoms with van der Waals surface area (Å²) in [5.74, 6) is 0.790. The quantitative estimate of drug-likeness (QED) is 0.737. The normalized spacial score (nSPS) is 29.9. The average molecular weight is 279 g/mol. The zero-order chi connectivity index (χ0) is 13.9. The van der Waals surface area contributed by atoms with Crippen molar-refractivity contribution in [3.05, 3.63) is 0 Å². The summed E-state index contributed by atoms with van der Waals surface area (Å²) >= 11 is 0. The van der Waals surface area contributed by atoms with Crippen LogP contribution in [0.25, 0.3) is 0 Å². The number of hydrogen-bond donors (Lipinski definition) is 0. The molecule has 3 fully saturated rings. The molecule has 2 amide bonds. The molecule has 3 heterocycles. The lowest BCUT2D eigenvalue weighted by atomic mass is 10.00. The number of hydrogen-bond acceptors (Lipinski definition) is 2. The first kappa shape index (κ1) is 14.2. The Morgan fingerprint density at radius 2 is 1.50 bits per heavy atom. The molecule has 0 aromatic heterocycles. The highest BCUT2D eigenvalue weighted by Crippen LogP contribution is 2.23. The van der Waals surface area contributed by atoms with Gasteiger partial charge in [0.25, 0.3) is 0 Å². The summed E-state index contributed by atoms with van der Waals surface area (Å²) in [5, 5.41) is 0. The summed E-state index contributed by atoms with van der Waals surface area (Å²) in [6, 6.07) is 0.930. The molecule has 0 radical (unpaired) electrons. The molecule has 0 aromatic rings. The van der Waals surface area contributed by atoms with Crippen LogP contribution in [0.1, 0.15) is 45.4 Å². The predicted octanol–water partition coefficient (Wildman–Crippen LogP) is 2.40. The van der Waals surface area contributed by atoms with E-state index in [1.807, 2.05) is 0 Å². The summed E-state index contributed by atoms with van der Waals surface area (Å²) < 4.78 is 0. The van der Waals surface area contributed by atoms with Crippen LogP contribution < -0.4 is 0 Å². The number of urea groups is 1. The van der Waals surface area contributed by atoms with Crippen molar-refractivity contribution in [3.63, 3.8) is 0 Å². The fraction of sp³-hybridized carbons (Fsp3) is 0.938. The highest BCUT2D eigenvalue weighted by atomic mass is 16.2. The minimum Gasteiger partial charge on any atom is -0.325 e. The summed E-state index contributed by atoms with van der Waals surface area (Å²) in [4.78, 5) is 19.4. The third kappa shape index (κ3) is 3.11. The smallest absolute Gasteiger partial charge is 0.320 e. The van der Waals surface area contributed by atoms with Gasteiger partial charge in [-0.05, 0) is 51.1 Å². The second-order valence-electron chi connectivity index (χ2n) is 6.94. The number of piperidine rings is 2. The molecule has 0 bridgehead atoms. The van der Waals surface area contributed by atoms with Crippen LogP contribution in [0, 0.1) is 5.92 Å². The largest absolute Gasteiger partial charge is 0.325 e. The van der Waals surface area contributed by atoms with Crippen LogP contribution in [0.4, 0.5) is 4.79 Å². The summed E-state index contributed by atoms with van der Waals surface area (Å²) in [5.41, 5.74) is 0. The predicted molar refractivity (Wildman–Crippen MR) is 80.8 cm³/mol. The van der Waals surface area contributed by atoms with E-state index in [-0.39, 0.29) is 0 Å². The lowest BCUT2D eigenvalue weighted by Crippen LogP contribution is -2.47. The van der Waals surface area contributed by atoms with Gasteiger partial charge in [-0.1, -0.05) is 13.3 Å². The number of carbonyl (C=O) groups excluding carboxylic acids is 1. The Hall–Kier alpha value is -0.770. The van der Waals surface area contributed by atoms with Crippen LogP contribution in [-0.4, -0.2) is 66.0 Å². The first-order chi connectivity index (χ1) is 9.74. The lowest BCUT2D eigenvalue weighted by molar-refractivity contribution is 0.132. The molecule has 3 saturated heterocycles. The molecule has 3 rings (SSSR count). The van der Waals surface area contributed by atoms with Gasteiger partial charge >= 0.3 is 6.03 Å². The maximum absolute atomic E-state index is 12.6. The lowest BCUT2D eigenvalue weighted by Gasteiger charge is -2.35. The number of rotatable bonds is 1. The molecular formula is C16H29N3O. The highest BCUT2D eigenvalue weighted by Gasteiger charge is 2.33. The minimum absolute atomic E-state index is 0.302. The van der Waals surface area contributed by atoms with E-state index in [1.165, 1.54) is 51.6 Å². The molecule has 0 aliphatic carbocycles. The Labute approximate surface area is 123 Å². The highest BCUT2D eigenvalue weighted by molar-refractivity contribution is 5.75. The standard InChI is InChI=1S/C16H29N3O/c1-14-5-10-18(11-6-14)16(20)19-12-7-15(13-19)17-8-3-2-4-9-17/h14-15H,2-13H2,1H3. The van der Waals surface area contributed by atoms with Crippen molar-refractivity contribution in [2.45, 2.75) is 51.5 Å². The van der Waals surface area contributed by atoms with Crippen LogP contribution in [-0.2, 0) is 0 Å². The Balaban J connectivity index is 1.50. The van der Waals surface area contributed by atoms with Gasteiger partial charge in [0.05, 0.1) is 0 Å².